The SMILES string of the molecule is CCCN(CCO)Cc1ccc(C#CCO)s1. The lowest BCUT2D eigenvalue weighted by Crippen LogP contribution is -2.26. The van der Waals surface area contributed by atoms with Crippen LogP contribution in [0.15, 0.2) is 12.1 Å². The molecule has 1 heterocycles. The van der Waals surface area contributed by atoms with Crippen LogP contribution in [-0.4, -0.2) is 41.4 Å². The first kappa shape index (κ1) is 14.2. The van der Waals surface area contributed by atoms with E-state index in [2.05, 4.69) is 29.7 Å². The lowest BCUT2D eigenvalue weighted by Gasteiger charge is -2.19. The molecule has 0 unspecified atom stereocenters. The van der Waals surface area contributed by atoms with Gasteiger partial charge in [0.25, 0.3) is 0 Å². The third-order valence-electron chi connectivity index (χ3n) is 2.29. The fraction of sp³-hybridized carbons (Fsp3) is 0.538. The van der Waals surface area contributed by atoms with Gasteiger partial charge in [0.15, 0.2) is 0 Å². The fourth-order valence-electron chi connectivity index (χ4n) is 1.60. The molecule has 4 heteroatoms. The maximum Gasteiger partial charge on any atom is 0.104 e. The molecule has 17 heavy (non-hydrogen) atoms. The molecule has 0 aliphatic heterocycles. The van der Waals surface area contributed by atoms with Crippen molar-refractivity contribution in [2.45, 2.75) is 19.9 Å². The van der Waals surface area contributed by atoms with E-state index in [-0.39, 0.29) is 13.2 Å². The summed E-state index contributed by atoms with van der Waals surface area (Å²) in [6, 6.07) is 4.04. The summed E-state index contributed by atoms with van der Waals surface area (Å²) in [5.74, 6) is 5.55. The molecule has 1 aromatic heterocycles. The first-order chi connectivity index (χ1) is 8.30. The monoisotopic (exact) mass is 253 g/mol. The molecule has 0 amide bonds. The first-order valence-corrected chi connectivity index (χ1v) is 6.63. The van der Waals surface area contributed by atoms with Gasteiger partial charge in [-0.25, -0.2) is 0 Å². The van der Waals surface area contributed by atoms with Crippen LogP contribution in [0.3, 0.4) is 0 Å². The van der Waals surface area contributed by atoms with Gasteiger partial charge in [-0.3, -0.25) is 4.90 Å². The van der Waals surface area contributed by atoms with E-state index in [1.165, 1.54) is 4.88 Å². The van der Waals surface area contributed by atoms with Gasteiger partial charge in [0.2, 0.25) is 0 Å². The summed E-state index contributed by atoms with van der Waals surface area (Å²) >= 11 is 1.64. The lowest BCUT2D eigenvalue weighted by atomic mass is 10.3. The maximum atomic E-state index is 8.97. The maximum absolute atomic E-state index is 8.97. The predicted molar refractivity (Wildman–Crippen MR) is 70.9 cm³/mol. The Kier molecular flexibility index (Phi) is 6.90. The molecule has 0 aliphatic rings. The highest BCUT2D eigenvalue weighted by Gasteiger charge is 2.06. The number of rotatable bonds is 6. The number of thiophene rings is 1. The van der Waals surface area contributed by atoms with Crippen LogP contribution in [-0.2, 0) is 6.54 Å². The first-order valence-electron chi connectivity index (χ1n) is 5.81. The summed E-state index contributed by atoms with van der Waals surface area (Å²) in [5, 5.41) is 17.6. The Morgan fingerprint density at radius 1 is 1.29 bits per heavy atom. The lowest BCUT2D eigenvalue weighted by molar-refractivity contribution is 0.191. The number of aliphatic hydroxyl groups excluding tert-OH is 2. The Labute approximate surface area is 107 Å². The van der Waals surface area contributed by atoms with Crippen LogP contribution in [0.4, 0.5) is 0 Å². The van der Waals surface area contributed by atoms with Crippen molar-refractivity contribution in [2.24, 2.45) is 0 Å². The molecule has 2 N–H and O–H groups in total. The molecule has 1 aromatic rings. The Hall–Kier alpha value is -0.860. The Bertz CT molecular complexity index is 372. The average molecular weight is 253 g/mol. The normalized spacial score (nSPS) is 10.4. The fourth-order valence-corrected chi connectivity index (χ4v) is 2.53. The Morgan fingerprint density at radius 2 is 2.12 bits per heavy atom. The van der Waals surface area contributed by atoms with Crippen LogP contribution >= 0.6 is 11.3 Å². The second-order valence-corrected chi connectivity index (χ2v) is 4.89. The van der Waals surface area contributed by atoms with Gasteiger partial charge in [-0.15, -0.1) is 11.3 Å². The van der Waals surface area contributed by atoms with E-state index < -0.39 is 0 Å². The van der Waals surface area contributed by atoms with E-state index in [4.69, 9.17) is 10.2 Å². The van der Waals surface area contributed by atoms with Gasteiger partial charge in [-0.1, -0.05) is 18.8 Å². The summed E-state index contributed by atoms with van der Waals surface area (Å²) in [7, 11) is 0. The van der Waals surface area contributed by atoms with Crippen molar-refractivity contribution in [3.05, 3.63) is 21.9 Å². The zero-order chi connectivity index (χ0) is 12.5. The van der Waals surface area contributed by atoms with Gasteiger partial charge < -0.3 is 10.2 Å². The molecule has 3 nitrogen and oxygen atoms in total. The zero-order valence-corrected chi connectivity index (χ0v) is 11.0. The summed E-state index contributed by atoms with van der Waals surface area (Å²) in [6.07, 6.45) is 1.09. The topological polar surface area (TPSA) is 43.7 Å². The number of hydrogen-bond acceptors (Lipinski definition) is 4. The highest BCUT2D eigenvalue weighted by molar-refractivity contribution is 7.12. The van der Waals surface area contributed by atoms with E-state index >= 15 is 0 Å². The number of hydrogen-bond donors (Lipinski definition) is 2. The van der Waals surface area contributed by atoms with E-state index in [1.54, 1.807) is 11.3 Å². The molecular weight excluding hydrogens is 234 g/mol. The van der Waals surface area contributed by atoms with Crippen molar-refractivity contribution < 1.29 is 10.2 Å². The Morgan fingerprint density at radius 3 is 2.76 bits per heavy atom. The van der Waals surface area contributed by atoms with Crippen molar-refractivity contribution in [3.63, 3.8) is 0 Å². The van der Waals surface area contributed by atoms with Crippen molar-refractivity contribution in [2.75, 3.05) is 26.3 Å². The average Bonchev–Trinajstić information content (AvgIpc) is 2.75. The van der Waals surface area contributed by atoms with Gasteiger partial charge in [0.05, 0.1) is 11.5 Å². The molecule has 0 aliphatic carbocycles. The molecule has 0 radical (unpaired) electrons. The smallest absolute Gasteiger partial charge is 0.104 e. The van der Waals surface area contributed by atoms with Crippen LogP contribution in [0.2, 0.25) is 0 Å². The van der Waals surface area contributed by atoms with Gasteiger partial charge >= 0.3 is 0 Å². The van der Waals surface area contributed by atoms with Gasteiger partial charge in [-0.2, -0.15) is 0 Å². The van der Waals surface area contributed by atoms with E-state index in [9.17, 15) is 0 Å². The predicted octanol–water partition coefficient (Wildman–Crippen LogP) is 1.30. The standard InChI is InChI=1S/C13H19NO2S/c1-2-7-14(8-10-16)11-13-6-5-12(17-13)4-3-9-15/h5-6,15-16H,2,7-11H2,1H3. The molecule has 0 bridgehead atoms. The van der Waals surface area contributed by atoms with E-state index in [0.717, 1.165) is 24.4 Å². The molecule has 0 saturated carbocycles. The summed E-state index contributed by atoms with van der Waals surface area (Å²) in [5.41, 5.74) is 0. The molecule has 0 saturated heterocycles. The van der Waals surface area contributed by atoms with Crippen LogP contribution in [0, 0.1) is 11.8 Å². The van der Waals surface area contributed by atoms with Crippen LogP contribution < -0.4 is 0 Å². The molecule has 0 aromatic carbocycles. The second kappa shape index (κ2) is 8.26. The quantitative estimate of drug-likeness (QED) is 0.751. The minimum atomic E-state index is -0.0975. The number of nitrogens with zero attached hydrogens (tertiary/aromatic N) is 1. The van der Waals surface area contributed by atoms with Crippen LogP contribution in [0.25, 0.3) is 0 Å². The van der Waals surface area contributed by atoms with E-state index in [0.29, 0.717) is 6.54 Å². The van der Waals surface area contributed by atoms with Crippen molar-refractivity contribution >= 4 is 11.3 Å². The van der Waals surface area contributed by atoms with E-state index in [1.807, 2.05) is 6.07 Å². The highest BCUT2D eigenvalue weighted by atomic mass is 32.1. The minimum Gasteiger partial charge on any atom is -0.395 e. The third kappa shape index (κ3) is 5.33. The minimum absolute atomic E-state index is 0.0975. The molecule has 0 spiro atoms. The number of aliphatic hydroxyl groups is 2. The Balaban J connectivity index is 2.56. The van der Waals surface area contributed by atoms with Crippen LogP contribution in [0.5, 0.6) is 0 Å². The van der Waals surface area contributed by atoms with Crippen molar-refractivity contribution in [1.82, 2.24) is 4.90 Å². The summed E-state index contributed by atoms with van der Waals surface area (Å²) in [4.78, 5) is 4.46. The highest BCUT2D eigenvalue weighted by Crippen LogP contribution is 2.17. The third-order valence-corrected chi connectivity index (χ3v) is 3.27. The van der Waals surface area contributed by atoms with Crippen molar-refractivity contribution in [1.29, 1.82) is 0 Å². The molecule has 0 fully saturated rings. The molecule has 0 atom stereocenters. The van der Waals surface area contributed by atoms with Crippen molar-refractivity contribution in [3.8, 4) is 11.8 Å². The molecular formula is C13H19NO2S. The molecule has 1 rings (SSSR count). The van der Waals surface area contributed by atoms with Gasteiger partial charge in [0, 0.05) is 18.0 Å². The summed E-state index contributed by atoms with van der Waals surface area (Å²) < 4.78 is 0. The van der Waals surface area contributed by atoms with Gasteiger partial charge in [0.1, 0.15) is 6.61 Å². The summed E-state index contributed by atoms with van der Waals surface area (Å²) in [6.45, 7) is 4.80. The van der Waals surface area contributed by atoms with Gasteiger partial charge in [-0.05, 0) is 25.1 Å². The largest absolute Gasteiger partial charge is 0.395 e. The zero-order valence-electron chi connectivity index (χ0n) is 10.1. The molecule has 94 valence electrons. The second-order valence-electron chi connectivity index (χ2n) is 3.73. The van der Waals surface area contributed by atoms with Crippen LogP contribution in [0.1, 0.15) is 23.1 Å².